The Labute approximate surface area is 233 Å². The highest BCUT2D eigenvalue weighted by molar-refractivity contribution is 7.80. The summed E-state index contributed by atoms with van der Waals surface area (Å²) in [7, 11) is 4.44. The number of anilines is 1. The molecule has 0 fully saturated rings. The molecule has 0 spiro atoms. The second-order valence-electron chi connectivity index (χ2n) is 9.49. The van der Waals surface area contributed by atoms with E-state index in [1.807, 2.05) is 44.2 Å². The summed E-state index contributed by atoms with van der Waals surface area (Å²) < 4.78 is 15.7. The van der Waals surface area contributed by atoms with Gasteiger partial charge in [0.25, 0.3) is 11.6 Å². The quantitative estimate of drug-likeness (QED) is 0.217. The first-order valence-corrected chi connectivity index (χ1v) is 12.7. The number of methoxy groups -OCH3 is 2. The largest absolute Gasteiger partial charge is 0.493 e. The fourth-order valence-electron chi connectivity index (χ4n) is 3.84. The standard InChI is InChI=1S/C27H36N4O7S/c1-8-17(2)23(24(39)29-27(3,4)25(32)30(5)19-12-10-9-11-13-19)28-26(33)38-16-18-14-21(36-6)22(37-7)15-20(18)31(34)35/h9-15,17,23H,8,16H2,1-7H3,(H,28,33)(H,29,39)/t17?,23-/m0/s1. The van der Waals surface area contributed by atoms with Crippen molar-refractivity contribution < 1.29 is 28.7 Å². The molecule has 39 heavy (non-hydrogen) atoms. The number of alkyl carbamates (subject to hydrolysis) is 1. The Hall–Kier alpha value is -3.93. The number of hydrogen-bond acceptors (Lipinski definition) is 8. The Kier molecular flexibility index (Phi) is 11.0. The van der Waals surface area contributed by atoms with Crippen LogP contribution in [0.3, 0.4) is 0 Å². The number of carbonyl (C=O) groups excluding carboxylic acids is 2. The van der Waals surface area contributed by atoms with Gasteiger partial charge in [0.1, 0.15) is 12.1 Å². The summed E-state index contributed by atoms with van der Waals surface area (Å²) in [5.74, 6) is 0.117. The molecule has 0 radical (unpaired) electrons. The van der Waals surface area contributed by atoms with Crippen molar-refractivity contribution in [3.63, 3.8) is 0 Å². The second kappa shape index (κ2) is 13.7. The Balaban J connectivity index is 2.15. The zero-order valence-electron chi connectivity index (χ0n) is 23.3. The molecule has 2 atom stereocenters. The van der Waals surface area contributed by atoms with Gasteiger partial charge in [0.05, 0.1) is 41.8 Å². The number of nitrogens with one attached hydrogen (secondary N) is 2. The summed E-state index contributed by atoms with van der Waals surface area (Å²) in [5, 5.41) is 17.4. The third-order valence-electron chi connectivity index (χ3n) is 6.33. The molecule has 0 saturated carbocycles. The van der Waals surface area contributed by atoms with E-state index in [0.717, 1.165) is 5.69 Å². The first-order valence-electron chi connectivity index (χ1n) is 12.3. The third-order valence-corrected chi connectivity index (χ3v) is 6.68. The van der Waals surface area contributed by atoms with Gasteiger partial charge < -0.3 is 29.7 Å². The fourth-order valence-corrected chi connectivity index (χ4v) is 4.38. The number of thiocarbonyl (C=S) groups is 1. The SMILES string of the molecule is CCC(C)[C@H](NC(=O)OCc1cc(OC)c(OC)cc1[N+](=O)[O-])C(=S)NC(C)(C)C(=O)N(C)c1ccccc1. The molecule has 0 aliphatic heterocycles. The van der Waals surface area contributed by atoms with Gasteiger partial charge in [0.15, 0.2) is 11.5 Å². The van der Waals surface area contributed by atoms with E-state index in [2.05, 4.69) is 10.6 Å². The van der Waals surface area contributed by atoms with Crippen LogP contribution in [0.2, 0.25) is 0 Å². The summed E-state index contributed by atoms with van der Waals surface area (Å²) in [6.45, 7) is 6.89. The monoisotopic (exact) mass is 560 g/mol. The number of nitro groups is 1. The minimum absolute atomic E-state index is 0.106. The van der Waals surface area contributed by atoms with Crippen LogP contribution < -0.4 is 25.0 Å². The van der Waals surface area contributed by atoms with Crippen molar-refractivity contribution in [1.82, 2.24) is 10.6 Å². The Morgan fingerprint density at radius 2 is 1.72 bits per heavy atom. The molecule has 212 valence electrons. The van der Waals surface area contributed by atoms with Crippen LogP contribution in [0.4, 0.5) is 16.2 Å². The lowest BCUT2D eigenvalue weighted by Gasteiger charge is -2.34. The van der Waals surface area contributed by atoms with Gasteiger partial charge in [-0.15, -0.1) is 0 Å². The summed E-state index contributed by atoms with van der Waals surface area (Å²) >= 11 is 5.63. The number of carbonyl (C=O) groups is 2. The van der Waals surface area contributed by atoms with Crippen LogP contribution >= 0.6 is 12.2 Å². The minimum Gasteiger partial charge on any atom is -0.493 e. The first-order chi connectivity index (χ1) is 18.4. The summed E-state index contributed by atoms with van der Waals surface area (Å²) in [6, 6.07) is 11.1. The van der Waals surface area contributed by atoms with Crippen LogP contribution in [0, 0.1) is 16.0 Å². The van der Waals surface area contributed by atoms with Crippen LogP contribution in [-0.4, -0.2) is 54.8 Å². The normalized spacial score (nSPS) is 12.5. The van der Waals surface area contributed by atoms with Gasteiger partial charge in [-0.05, 0) is 38.0 Å². The van der Waals surface area contributed by atoms with Crippen molar-refractivity contribution in [3.8, 4) is 11.5 Å². The molecule has 2 N–H and O–H groups in total. The average molecular weight is 561 g/mol. The molecule has 2 aromatic rings. The number of rotatable bonds is 12. The average Bonchev–Trinajstić information content (AvgIpc) is 2.92. The van der Waals surface area contributed by atoms with E-state index in [1.54, 1.807) is 20.9 Å². The number of amides is 2. The first kappa shape index (κ1) is 31.3. The van der Waals surface area contributed by atoms with Gasteiger partial charge in [-0.1, -0.05) is 50.7 Å². The number of para-hydroxylation sites is 1. The minimum atomic E-state index is -1.08. The van der Waals surface area contributed by atoms with Crippen molar-refractivity contribution in [3.05, 3.63) is 58.1 Å². The van der Waals surface area contributed by atoms with Crippen LogP contribution in [0.25, 0.3) is 0 Å². The van der Waals surface area contributed by atoms with Gasteiger partial charge in [0.2, 0.25) is 0 Å². The predicted molar refractivity (Wildman–Crippen MR) is 152 cm³/mol. The molecular formula is C27H36N4O7S. The molecule has 0 bridgehead atoms. The van der Waals surface area contributed by atoms with Crippen LogP contribution in [0.5, 0.6) is 11.5 Å². The maximum absolute atomic E-state index is 13.2. The Morgan fingerprint density at radius 1 is 1.13 bits per heavy atom. The molecule has 2 aromatic carbocycles. The van der Waals surface area contributed by atoms with E-state index in [4.69, 9.17) is 26.4 Å². The smallest absolute Gasteiger partial charge is 0.408 e. The van der Waals surface area contributed by atoms with Gasteiger partial charge in [-0.3, -0.25) is 14.9 Å². The summed E-state index contributed by atoms with van der Waals surface area (Å²) in [6.07, 6.45) is -0.147. The number of hydrogen-bond donors (Lipinski definition) is 2. The van der Waals surface area contributed by atoms with E-state index in [9.17, 15) is 19.7 Å². The number of benzene rings is 2. The van der Waals surface area contributed by atoms with Crippen molar-refractivity contribution in [2.45, 2.75) is 52.3 Å². The van der Waals surface area contributed by atoms with Gasteiger partial charge >= 0.3 is 6.09 Å². The molecule has 11 nitrogen and oxygen atoms in total. The number of nitrogens with zero attached hydrogens (tertiary/aromatic N) is 2. The molecular weight excluding hydrogens is 524 g/mol. The maximum atomic E-state index is 13.2. The topological polar surface area (TPSA) is 132 Å². The second-order valence-corrected chi connectivity index (χ2v) is 9.93. The highest BCUT2D eigenvalue weighted by atomic mass is 32.1. The molecule has 0 aliphatic carbocycles. The van der Waals surface area contributed by atoms with Gasteiger partial charge in [-0.2, -0.15) is 0 Å². The number of likely N-dealkylation sites (N-methyl/N-ethyl adjacent to an activating group) is 1. The molecule has 2 amide bonds. The predicted octanol–water partition coefficient (Wildman–Crippen LogP) is 4.61. The highest BCUT2D eigenvalue weighted by Crippen LogP contribution is 2.34. The number of nitro benzene ring substituents is 1. The lowest BCUT2D eigenvalue weighted by Crippen LogP contribution is -2.60. The molecule has 0 aromatic heterocycles. The van der Waals surface area contributed by atoms with Crippen molar-refractivity contribution >= 4 is 40.6 Å². The molecule has 0 saturated heterocycles. The van der Waals surface area contributed by atoms with Crippen molar-refractivity contribution in [2.24, 2.45) is 5.92 Å². The van der Waals surface area contributed by atoms with E-state index in [0.29, 0.717) is 6.42 Å². The Bertz CT molecular complexity index is 1190. The third kappa shape index (κ3) is 8.03. The van der Waals surface area contributed by atoms with Crippen molar-refractivity contribution in [2.75, 3.05) is 26.2 Å². The zero-order valence-corrected chi connectivity index (χ0v) is 24.1. The van der Waals surface area contributed by atoms with Crippen LogP contribution in [-0.2, 0) is 16.1 Å². The van der Waals surface area contributed by atoms with E-state index in [1.165, 1.54) is 31.3 Å². The molecule has 1 unspecified atom stereocenters. The zero-order chi connectivity index (χ0) is 29.3. The van der Waals surface area contributed by atoms with E-state index >= 15 is 0 Å². The molecule has 12 heteroatoms. The van der Waals surface area contributed by atoms with E-state index in [-0.39, 0.29) is 46.2 Å². The number of ether oxygens (including phenoxy) is 3. The lowest BCUT2D eigenvalue weighted by molar-refractivity contribution is -0.385. The van der Waals surface area contributed by atoms with Crippen LogP contribution in [0.15, 0.2) is 42.5 Å². The van der Waals surface area contributed by atoms with Gasteiger partial charge in [-0.25, -0.2) is 4.79 Å². The fraction of sp³-hybridized carbons (Fsp3) is 0.444. The van der Waals surface area contributed by atoms with Gasteiger partial charge in [0, 0.05) is 12.7 Å². The molecule has 0 aliphatic rings. The summed E-state index contributed by atoms with van der Waals surface area (Å²) in [4.78, 5) is 38.8. The summed E-state index contributed by atoms with van der Waals surface area (Å²) in [5.41, 5.74) is -0.505. The van der Waals surface area contributed by atoms with Crippen molar-refractivity contribution in [1.29, 1.82) is 0 Å². The maximum Gasteiger partial charge on any atom is 0.408 e. The Morgan fingerprint density at radius 3 is 2.26 bits per heavy atom. The van der Waals surface area contributed by atoms with E-state index < -0.39 is 22.6 Å². The lowest BCUT2D eigenvalue weighted by atomic mass is 9.96. The molecule has 0 heterocycles. The molecule has 2 rings (SSSR count). The van der Waals surface area contributed by atoms with Crippen LogP contribution in [0.1, 0.15) is 39.7 Å². The highest BCUT2D eigenvalue weighted by Gasteiger charge is 2.35.